The van der Waals surface area contributed by atoms with Crippen LogP contribution >= 0.6 is 23.6 Å². The van der Waals surface area contributed by atoms with Gasteiger partial charge < -0.3 is 15.4 Å². The molecular weight excluding hydrogens is 456 g/mol. The van der Waals surface area contributed by atoms with Crippen LogP contribution in [0, 0.1) is 15.8 Å². The molecule has 1 aromatic heterocycles. The van der Waals surface area contributed by atoms with Gasteiger partial charge in [-0.2, -0.15) is 0 Å². The number of nitrogens with one attached hydrogen (secondary N) is 3. The SMILES string of the molecule is CC(C)C[C@@H](NC(=O)OCc1ccccc1)[C@H](Cc1ccccc1)C(=O)Nc1n[nH]c(=S)s1. The largest absolute Gasteiger partial charge is 0.445 e. The number of rotatable bonds is 10. The quantitative estimate of drug-likeness (QED) is 0.338. The molecule has 2 amide bonds. The number of alkyl carbamates (subject to hydrolysis) is 1. The minimum atomic E-state index is -0.550. The summed E-state index contributed by atoms with van der Waals surface area (Å²) in [5, 5.41) is 12.9. The van der Waals surface area contributed by atoms with E-state index in [2.05, 4.69) is 34.7 Å². The van der Waals surface area contributed by atoms with E-state index < -0.39 is 18.1 Å². The molecule has 0 saturated carbocycles. The van der Waals surface area contributed by atoms with Crippen LogP contribution in [-0.2, 0) is 22.6 Å². The Morgan fingerprint density at radius 2 is 1.70 bits per heavy atom. The Balaban J connectivity index is 1.77. The Labute approximate surface area is 202 Å². The zero-order valence-electron chi connectivity index (χ0n) is 18.6. The smallest absolute Gasteiger partial charge is 0.407 e. The van der Waals surface area contributed by atoms with Gasteiger partial charge in [-0.1, -0.05) is 85.8 Å². The number of H-pyrrole nitrogens is 1. The molecule has 0 saturated heterocycles. The Hall–Kier alpha value is -3.04. The summed E-state index contributed by atoms with van der Waals surface area (Å²) < 4.78 is 5.91. The van der Waals surface area contributed by atoms with Crippen LogP contribution in [-0.4, -0.2) is 28.2 Å². The summed E-state index contributed by atoms with van der Waals surface area (Å²) in [6, 6.07) is 18.8. The Bertz CT molecular complexity index is 1080. The molecule has 2 aromatic carbocycles. The fourth-order valence-electron chi connectivity index (χ4n) is 3.51. The first kappa shape index (κ1) is 24.6. The van der Waals surface area contributed by atoms with Crippen LogP contribution in [0.15, 0.2) is 60.7 Å². The monoisotopic (exact) mass is 484 g/mol. The van der Waals surface area contributed by atoms with Crippen LogP contribution in [0.25, 0.3) is 0 Å². The lowest BCUT2D eigenvalue weighted by molar-refractivity contribution is -0.120. The lowest BCUT2D eigenvalue weighted by Gasteiger charge is -2.28. The predicted octanol–water partition coefficient (Wildman–Crippen LogP) is 5.34. The Morgan fingerprint density at radius 3 is 2.27 bits per heavy atom. The molecule has 0 unspecified atom stereocenters. The maximum absolute atomic E-state index is 13.3. The van der Waals surface area contributed by atoms with E-state index in [-0.39, 0.29) is 18.4 Å². The highest BCUT2D eigenvalue weighted by Crippen LogP contribution is 2.22. The van der Waals surface area contributed by atoms with Crippen molar-refractivity contribution < 1.29 is 14.3 Å². The minimum absolute atomic E-state index is 0.160. The van der Waals surface area contributed by atoms with Crippen LogP contribution in [0.2, 0.25) is 0 Å². The predicted molar refractivity (Wildman–Crippen MR) is 133 cm³/mol. The number of carbonyl (C=O) groups is 2. The van der Waals surface area contributed by atoms with Crippen molar-refractivity contribution in [1.29, 1.82) is 0 Å². The molecule has 3 rings (SSSR count). The molecule has 3 aromatic rings. The van der Waals surface area contributed by atoms with Crippen molar-refractivity contribution in [1.82, 2.24) is 15.5 Å². The minimum Gasteiger partial charge on any atom is -0.445 e. The average molecular weight is 485 g/mol. The number of hydrogen-bond donors (Lipinski definition) is 3. The van der Waals surface area contributed by atoms with Gasteiger partial charge in [0.2, 0.25) is 11.0 Å². The number of ether oxygens (including phenoxy) is 1. The second kappa shape index (κ2) is 12.3. The van der Waals surface area contributed by atoms with Crippen molar-refractivity contribution in [2.45, 2.75) is 39.3 Å². The fourth-order valence-corrected chi connectivity index (χ4v) is 4.31. The second-order valence-corrected chi connectivity index (χ2v) is 9.81. The highest BCUT2D eigenvalue weighted by Gasteiger charge is 2.31. The maximum Gasteiger partial charge on any atom is 0.407 e. The van der Waals surface area contributed by atoms with Gasteiger partial charge in [0, 0.05) is 6.04 Å². The maximum atomic E-state index is 13.3. The number of amides is 2. The zero-order chi connectivity index (χ0) is 23.6. The van der Waals surface area contributed by atoms with Crippen molar-refractivity contribution in [2.75, 3.05) is 5.32 Å². The lowest BCUT2D eigenvalue weighted by Crippen LogP contribution is -2.46. The van der Waals surface area contributed by atoms with Gasteiger partial charge in [-0.25, -0.2) is 4.79 Å². The first-order valence-electron chi connectivity index (χ1n) is 10.8. The molecule has 0 bridgehead atoms. The molecule has 9 heteroatoms. The summed E-state index contributed by atoms with van der Waals surface area (Å²) in [5.41, 5.74) is 1.90. The van der Waals surface area contributed by atoms with Gasteiger partial charge in [-0.15, -0.1) is 5.10 Å². The molecule has 0 fully saturated rings. The molecule has 0 spiro atoms. The molecule has 7 nitrogen and oxygen atoms in total. The first-order valence-corrected chi connectivity index (χ1v) is 12.0. The topological polar surface area (TPSA) is 96.1 Å². The van der Waals surface area contributed by atoms with Crippen molar-refractivity contribution in [3.05, 3.63) is 75.7 Å². The van der Waals surface area contributed by atoms with Crippen LogP contribution < -0.4 is 10.6 Å². The van der Waals surface area contributed by atoms with E-state index in [1.807, 2.05) is 60.7 Å². The van der Waals surface area contributed by atoms with E-state index in [1.54, 1.807) is 0 Å². The number of benzene rings is 2. The van der Waals surface area contributed by atoms with Crippen LogP contribution in [0.5, 0.6) is 0 Å². The third-order valence-electron chi connectivity index (χ3n) is 5.03. The molecular formula is C24H28N4O3S2. The molecule has 174 valence electrons. The van der Waals surface area contributed by atoms with Crippen LogP contribution in [0.4, 0.5) is 9.93 Å². The molecule has 0 aliphatic carbocycles. The van der Waals surface area contributed by atoms with Gasteiger partial charge in [0.25, 0.3) is 0 Å². The highest BCUT2D eigenvalue weighted by molar-refractivity contribution is 7.73. The molecule has 2 atom stereocenters. The summed E-state index contributed by atoms with van der Waals surface area (Å²) in [4.78, 5) is 26.0. The number of nitrogens with zero attached hydrogens (tertiary/aromatic N) is 1. The van der Waals surface area contributed by atoms with Gasteiger partial charge in [-0.3, -0.25) is 9.89 Å². The lowest BCUT2D eigenvalue weighted by atomic mass is 9.86. The number of carbonyl (C=O) groups excluding carboxylic acids is 2. The highest BCUT2D eigenvalue weighted by atomic mass is 32.1. The second-order valence-electron chi connectivity index (χ2n) is 8.15. The standard InChI is InChI=1S/C24H28N4O3S2/c1-16(2)13-20(25-23(30)31-15-18-11-7-4-8-12-18)19(14-17-9-5-3-6-10-17)21(29)26-22-27-28-24(32)33-22/h3-12,16,19-20H,13-15H2,1-2H3,(H,25,30)(H,28,32)(H,26,27,29)/t19-,20+/m0/s1. The molecule has 33 heavy (non-hydrogen) atoms. The summed E-state index contributed by atoms with van der Waals surface area (Å²) in [6.45, 7) is 4.27. The van der Waals surface area contributed by atoms with Crippen molar-refractivity contribution >= 4 is 40.7 Å². The van der Waals surface area contributed by atoms with Crippen molar-refractivity contribution in [3.8, 4) is 0 Å². The average Bonchev–Trinajstić information content (AvgIpc) is 3.21. The fraction of sp³-hybridized carbons (Fsp3) is 0.333. The van der Waals surface area contributed by atoms with Gasteiger partial charge in [-0.05, 0) is 42.1 Å². The van der Waals surface area contributed by atoms with E-state index in [0.717, 1.165) is 11.1 Å². The number of anilines is 1. The van der Waals surface area contributed by atoms with E-state index in [4.69, 9.17) is 17.0 Å². The van der Waals surface area contributed by atoms with Gasteiger partial charge in [0.05, 0.1) is 5.92 Å². The molecule has 0 aliphatic rings. The summed E-state index contributed by atoms with van der Waals surface area (Å²) >= 11 is 6.26. The Kier molecular flexibility index (Phi) is 9.14. The normalized spacial score (nSPS) is 12.7. The van der Waals surface area contributed by atoms with Gasteiger partial charge in [0.1, 0.15) is 6.61 Å². The van der Waals surface area contributed by atoms with E-state index in [9.17, 15) is 9.59 Å². The van der Waals surface area contributed by atoms with E-state index >= 15 is 0 Å². The number of aromatic amines is 1. The number of aromatic nitrogens is 2. The van der Waals surface area contributed by atoms with E-state index in [0.29, 0.717) is 21.9 Å². The molecule has 1 heterocycles. The third-order valence-corrected chi connectivity index (χ3v) is 6.04. The van der Waals surface area contributed by atoms with Gasteiger partial charge in [0.15, 0.2) is 3.95 Å². The summed E-state index contributed by atoms with van der Waals surface area (Å²) in [6.07, 6.45) is 0.520. The molecule has 0 aliphatic heterocycles. The molecule has 3 N–H and O–H groups in total. The first-order chi connectivity index (χ1) is 15.9. The molecule has 0 radical (unpaired) electrons. The third kappa shape index (κ3) is 8.11. The summed E-state index contributed by atoms with van der Waals surface area (Å²) in [5.74, 6) is -0.509. The van der Waals surface area contributed by atoms with Crippen LogP contribution in [0.3, 0.4) is 0 Å². The number of hydrogen-bond acceptors (Lipinski definition) is 6. The Morgan fingerprint density at radius 1 is 1.06 bits per heavy atom. The van der Waals surface area contributed by atoms with Crippen molar-refractivity contribution in [2.24, 2.45) is 11.8 Å². The van der Waals surface area contributed by atoms with Crippen molar-refractivity contribution in [3.63, 3.8) is 0 Å². The summed E-state index contributed by atoms with van der Waals surface area (Å²) in [7, 11) is 0. The van der Waals surface area contributed by atoms with E-state index in [1.165, 1.54) is 11.3 Å². The zero-order valence-corrected chi connectivity index (χ0v) is 20.2. The van der Waals surface area contributed by atoms with Crippen LogP contribution in [0.1, 0.15) is 31.4 Å². The van der Waals surface area contributed by atoms with Gasteiger partial charge >= 0.3 is 6.09 Å².